The van der Waals surface area contributed by atoms with E-state index in [9.17, 15) is 4.79 Å². The first-order valence-electron chi connectivity index (χ1n) is 9.15. The van der Waals surface area contributed by atoms with Crippen LogP contribution in [0.25, 0.3) is 4.91 Å². The SMILES string of the molecule is O=C=C1SC(c2cccnc2)n2ccc(N3CCN(c4ncccn4)CC3)c21. The lowest BCUT2D eigenvalue weighted by molar-refractivity contribution is 0.570. The van der Waals surface area contributed by atoms with Crippen LogP contribution in [0, 0.1) is 0 Å². The van der Waals surface area contributed by atoms with Crippen LogP contribution in [0.4, 0.5) is 11.6 Å². The lowest BCUT2D eigenvalue weighted by Gasteiger charge is -2.36. The maximum atomic E-state index is 11.7. The molecule has 5 heterocycles. The number of aromatic nitrogens is 4. The van der Waals surface area contributed by atoms with E-state index >= 15 is 0 Å². The van der Waals surface area contributed by atoms with Gasteiger partial charge < -0.3 is 14.4 Å². The zero-order valence-electron chi connectivity index (χ0n) is 15.1. The number of hydrogen-bond acceptors (Lipinski definition) is 7. The van der Waals surface area contributed by atoms with Crippen molar-refractivity contribution in [1.29, 1.82) is 0 Å². The first-order valence-corrected chi connectivity index (χ1v) is 10.0. The van der Waals surface area contributed by atoms with Gasteiger partial charge in [0.25, 0.3) is 0 Å². The molecule has 2 aliphatic rings. The largest absolute Gasteiger partial charge is 0.366 e. The highest BCUT2D eigenvalue weighted by Gasteiger charge is 2.34. The van der Waals surface area contributed by atoms with Crippen molar-refractivity contribution in [1.82, 2.24) is 19.5 Å². The lowest BCUT2D eigenvalue weighted by atomic mass is 10.2. The summed E-state index contributed by atoms with van der Waals surface area (Å²) < 4.78 is 2.16. The topological polar surface area (TPSA) is 67.2 Å². The number of nitrogens with zero attached hydrogens (tertiary/aromatic N) is 6. The maximum absolute atomic E-state index is 11.7. The third-order valence-corrected chi connectivity index (χ3v) is 6.34. The Bertz CT molecular complexity index is 1020. The molecule has 1 fully saturated rings. The molecule has 7 nitrogen and oxygen atoms in total. The molecule has 140 valence electrons. The fourth-order valence-electron chi connectivity index (χ4n) is 3.77. The molecule has 1 atom stereocenters. The molecule has 0 amide bonds. The summed E-state index contributed by atoms with van der Waals surface area (Å²) in [6.45, 7) is 3.38. The van der Waals surface area contributed by atoms with Gasteiger partial charge >= 0.3 is 0 Å². The summed E-state index contributed by atoms with van der Waals surface area (Å²) in [5, 5.41) is 0.0212. The van der Waals surface area contributed by atoms with Gasteiger partial charge in [0.1, 0.15) is 16.2 Å². The second kappa shape index (κ2) is 7.14. The lowest BCUT2D eigenvalue weighted by Crippen LogP contribution is -2.47. The number of hydrogen-bond donors (Lipinski definition) is 0. The summed E-state index contributed by atoms with van der Waals surface area (Å²) in [6, 6.07) is 7.90. The molecule has 8 heteroatoms. The predicted octanol–water partition coefficient (Wildman–Crippen LogP) is 2.47. The highest BCUT2D eigenvalue weighted by Crippen LogP contribution is 2.50. The fraction of sp³-hybridized carbons (Fsp3) is 0.250. The van der Waals surface area contributed by atoms with Crippen LogP contribution in [-0.4, -0.2) is 51.6 Å². The van der Waals surface area contributed by atoms with E-state index in [1.54, 1.807) is 18.6 Å². The van der Waals surface area contributed by atoms with Gasteiger partial charge in [-0.05, 0) is 18.2 Å². The van der Waals surface area contributed by atoms with E-state index in [2.05, 4.69) is 47.5 Å². The number of rotatable bonds is 3. The van der Waals surface area contributed by atoms with Crippen LogP contribution >= 0.6 is 11.8 Å². The molecular weight excluding hydrogens is 372 g/mol. The molecule has 0 aliphatic carbocycles. The molecular formula is C20H18N6OS. The number of piperazine rings is 1. The maximum Gasteiger partial charge on any atom is 0.225 e. The van der Waals surface area contributed by atoms with E-state index in [1.165, 1.54) is 11.8 Å². The van der Waals surface area contributed by atoms with Crippen molar-refractivity contribution in [2.24, 2.45) is 0 Å². The third kappa shape index (κ3) is 2.87. The first-order chi connectivity index (χ1) is 13.8. The van der Waals surface area contributed by atoms with Gasteiger partial charge in [-0.1, -0.05) is 17.8 Å². The minimum absolute atomic E-state index is 0.0212. The van der Waals surface area contributed by atoms with Crippen LogP contribution in [0.1, 0.15) is 16.6 Å². The number of fused-ring (bicyclic) bond motifs is 1. The van der Waals surface area contributed by atoms with Crippen molar-refractivity contribution >= 4 is 34.2 Å². The molecule has 0 aromatic carbocycles. The smallest absolute Gasteiger partial charge is 0.225 e. The molecule has 0 N–H and O–H groups in total. The van der Waals surface area contributed by atoms with Gasteiger partial charge in [-0.25, -0.2) is 14.8 Å². The average Bonchev–Trinajstić information content (AvgIpc) is 3.36. The van der Waals surface area contributed by atoms with Crippen molar-refractivity contribution in [3.8, 4) is 0 Å². The van der Waals surface area contributed by atoms with Gasteiger partial charge in [0.05, 0.1) is 11.4 Å². The number of carbonyl (C=O) groups excluding carboxylic acids is 1. The number of pyridine rings is 1. The summed E-state index contributed by atoms with van der Waals surface area (Å²) in [4.78, 5) is 29.7. The van der Waals surface area contributed by atoms with E-state index in [4.69, 9.17) is 0 Å². The van der Waals surface area contributed by atoms with Gasteiger partial charge in [-0.15, -0.1) is 0 Å². The van der Waals surface area contributed by atoms with Gasteiger partial charge in [-0.2, -0.15) is 0 Å². The predicted molar refractivity (Wildman–Crippen MR) is 110 cm³/mol. The Morgan fingerprint density at radius 2 is 1.79 bits per heavy atom. The third-order valence-electron chi connectivity index (χ3n) is 5.11. The van der Waals surface area contributed by atoms with Crippen molar-refractivity contribution in [3.05, 3.63) is 66.5 Å². The van der Waals surface area contributed by atoms with E-state index in [1.807, 2.05) is 24.4 Å². The average molecular weight is 390 g/mol. The summed E-state index contributed by atoms with van der Waals surface area (Å²) in [5.41, 5.74) is 3.12. The summed E-state index contributed by atoms with van der Waals surface area (Å²) in [7, 11) is 0. The Balaban J connectivity index is 1.40. The number of anilines is 2. The molecule has 5 rings (SSSR count). The molecule has 0 bridgehead atoms. The minimum Gasteiger partial charge on any atom is -0.366 e. The van der Waals surface area contributed by atoms with Gasteiger partial charge in [-0.3, -0.25) is 4.98 Å². The molecule has 1 saturated heterocycles. The zero-order valence-corrected chi connectivity index (χ0v) is 15.9. The summed E-state index contributed by atoms with van der Waals surface area (Å²) in [6.07, 6.45) is 9.22. The molecule has 0 radical (unpaired) electrons. The van der Waals surface area contributed by atoms with E-state index in [-0.39, 0.29) is 5.37 Å². The van der Waals surface area contributed by atoms with Crippen molar-refractivity contribution in [2.75, 3.05) is 36.0 Å². The standard InChI is InChI=1S/C20H18N6OS/c27-14-17-18-16(4-8-26(18)19(28-17)15-3-1-5-21-13-15)24-9-11-25(12-10-24)20-22-6-2-7-23-20/h1-8,13,19H,9-12H2. The van der Waals surface area contributed by atoms with Crippen LogP contribution in [0.2, 0.25) is 0 Å². The molecule has 0 spiro atoms. The Hall–Kier alpha value is -3.09. The van der Waals surface area contributed by atoms with Gasteiger partial charge in [0.2, 0.25) is 5.95 Å². The molecule has 3 aromatic heterocycles. The van der Waals surface area contributed by atoms with Crippen molar-refractivity contribution < 1.29 is 4.79 Å². The minimum atomic E-state index is 0.0212. The van der Waals surface area contributed by atoms with Gasteiger partial charge in [0.15, 0.2) is 0 Å². The molecule has 0 saturated carbocycles. The summed E-state index contributed by atoms with van der Waals surface area (Å²) >= 11 is 1.53. The van der Waals surface area contributed by atoms with E-state index in [0.717, 1.165) is 49.1 Å². The molecule has 1 unspecified atom stereocenters. The zero-order chi connectivity index (χ0) is 18.9. The molecule has 3 aromatic rings. The van der Waals surface area contributed by atoms with Crippen LogP contribution in [0.5, 0.6) is 0 Å². The van der Waals surface area contributed by atoms with E-state index < -0.39 is 0 Å². The van der Waals surface area contributed by atoms with Crippen LogP contribution in [0.15, 0.2) is 55.2 Å². The normalized spacial score (nSPS) is 18.9. The van der Waals surface area contributed by atoms with Crippen LogP contribution in [-0.2, 0) is 4.79 Å². The quantitative estimate of drug-likeness (QED) is 0.637. The fourth-order valence-corrected chi connectivity index (χ4v) is 4.93. The highest BCUT2D eigenvalue weighted by molar-refractivity contribution is 8.09. The van der Waals surface area contributed by atoms with Crippen LogP contribution < -0.4 is 9.80 Å². The Morgan fingerprint density at radius 1 is 1.00 bits per heavy atom. The highest BCUT2D eigenvalue weighted by atomic mass is 32.2. The second-order valence-corrected chi connectivity index (χ2v) is 7.76. The summed E-state index contributed by atoms with van der Waals surface area (Å²) in [5.74, 6) is 2.92. The van der Waals surface area contributed by atoms with Crippen LogP contribution in [0.3, 0.4) is 0 Å². The van der Waals surface area contributed by atoms with Crippen molar-refractivity contribution in [3.63, 3.8) is 0 Å². The Morgan fingerprint density at radius 3 is 2.50 bits per heavy atom. The molecule has 28 heavy (non-hydrogen) atoms. The van der Waals surface area contributed by atoms with E-state index in [0.29, 0.717) is 4.91 Å². The molecule has 2 aliphatic heterocycles. The monoisotopic (exact) mass is 390 g/mol. The van der Waals surface area contributed by atoms with Gasteiger partial charge in [0, 0.05) is 62.7 Å². The Kier molecular flexibility index (Phi) is 4.35. The first kappa shape index (κ1) is 17.0. The Labute approximate surface area is 166 Å². The van der Waals surface area contributed by atoms with Crippen molar-refractivity contribution in [2.45, 2.75) is 5.37 Å². The number of thioether (sulfide) groups is 1. The second-order valence-electron chi connectivity index (χ2n) is 6.67.